The Morgan fingerprint density at radius 2 is 2.10 bits per heavy atom. The van der Waals surface area contributed by atoms with Gasteiger partial charge in [0.15, 0.2) is 0 Å². The Morgan fingerprint density at radius 1 is 1.40 bits per heavy atom. The molecule has 0 amide bonds. The number of rotatable bonds is 4. The van der Waals surface area contributed by atoms with Crippen LogP contribution in [0.2, 0.25) is 10.0 Å². The molecule has 0 aliphatic carbocycles. The number of hydrogen-bond acceptors (Lipinski definition) is 2. The maximum absolute atomic E-state index is 6.31. The van der Waals surface area contributed by atoms with Gasteiger partial charge in [0.2, 0.25) is 0 Å². The van der Waals surface area contributed by atoms with Crippen molar-refractivity contribution in [3.05, 3.63) is 49.7 Å². The third-order valence-electron chi connectivity index (χ3n) is 3.35. The van der Waals surface area contributed by atoms with Crippen molar-refractivity contribution in [1.29, 1.82) is 0 Å². The number of hydrogen-bond donors (Lipinski definition) is 1. The first-order valence-corrected chi connectivity index (χ1v) is 7.79. The average molecular weight is 377 g/mol. The fraction of sp³-hybridized carbons (Fsp3) is 0.357. The van der Waals surface area contributed by atoms with E-state index in [0.717, 1.165) is 32.9 Å². The zero-order valence-corrected chi connectivity index (χ0v) is 14.6. The van der Waals surface area contributed by atoms with E-state index in [1.165, 1.54) is 0 Å². The Balaban J connectivity index is 2.31. The van der Waals surface area contributed by atoms with Crippen LogP contribution in [0, 0.1) is 6.92 Å². The van der Waals surface area contributed by atoms with E-state index in [0.29, 0.717) is 5.02 Å². The van der Waals surface area contributed by atoms with Crippen LogP contribution in [0.1, 0.15) is 23.0 Å². The van der Waals surface area contributed by atoms with Crippen molar-refractivity contribution in [3.8, 4) is 0 Å². The van der Waals surface area contributed by atoms with Crippen molar-refractivity contribution in [1.82, 2.24) is 15.1 Å². The van der Waals surface area contributed by atoms with Crippen LogP contribution in [-0.2, 0) is 13.5 Å². The molecule has 1 N–H and O–H groups in total. The highest BCUT2D eigenvalue weighted by molar-refractivity contribution is 9.10. The van der Waals surface area contributed by atoms with Crippen LogP contribution < -0.4 is 5.32 Å². The van der Waals surface area contributed by atoms with E-state index in [9.17, 15) is 0 Å². The molecule has 6 heteroatoms. The summed E-state index contributed by atoms with van der Waals surface area (Å²) in [6.07, 6.45) is 0.755. The largest absolute Gasteiger partial charge is 0.313 e. The molecule has 0 saturated heterocycles. The number of nitrogens with zero attached hydrogens (tertiary/aromatic N) is 2. The van der Waals surface area contributed by atoms with Crippen LogP contribution in [0.25, 0.3) is 0 Å². The lowest BCUT2D eigenvalue weighted by Crippen LogP contribution is -2.20. The van der Waals surface area contributed by atoms with Crippen LogP contribution in [-0.4, -0.2) is 16.8 Å². The fourth-order valence-corrected chi connectivity index (χ4v) is 2.88. The van der Waals surface area contributed by atoms with Crippen LogP contribution in [0.5, 0.6) is 0 Å². The minimum absolute atomic E-state index is 0.132. The van der Waals surface area contributed by atoms with Gasteiger partial charge in [0.25, 0.3) is 0 Å². The molecule has 2 aromatic rings. The van der Waals surface area contributed by atoms with Gasteiger partial charge in [0, 0.05) is 24.0 Å². The molecule has 0 spiro atoms. The molecule has 2 rings (SSSR count). The number of benzene rings is 1. The highest BCUT2D eigenvalue weighted by atomic mass is 79.9. The molecular formula is C14H16BrCl2N3. The molecule has 1 unspecified atom stereocenters. The summed E-state index contributed by atoms with van der Waals surface area (Å²) in [5.41, 5.74) is 2.99. The highest BCUT2D eigenvalue weighted by Gasteiger charge is 2.18. The number of aryl methyl sites for hydroxylation is 2. The first-order valence-electron chi connectivity index (χ1n) is 6.24. The Kier molecular flexibility index (Phi) is 5.13. The third kappa shape index (κ3) is 3.19. The quantitative estimate of drug-likeness (QED) is 0.861. The Labute approximate surface area is 137 Å². The summed E-state index contributed by atoms with van der Waals surface area (Å²) in [5, 5.41) is 9.09. The summed E-state index contributed by atoms with van der Waals surface area (Å²) < 4.78 is 2.73. The van der Waals surface area contributed by atoms with Gasteiger partial charge >= 0.3 is 0 Å². The fourth-order valence-electron chi connectivity index (χ4n) is 2.21. The molecule has 0 saturated carbocycles. The maximum atomic E-state index is 6.31. The second kappa shape index (κ2) is 6.48. The lowest BCUT2D eigenvalue weighted by atomic mass is 10.0. The molecule has 0 fully saturated rings. The van der Waals surface area contributed by atoms with Gasteiger partial charge in [-0.1, -0.05) is 29.3 Å². The van der Waals surface area contributed by atoms with Crippen LogP contribution in [0.15, 0.2) is 22.7 Å². The summed E-state index contributed by atoms with van der Waals surface area (Å²) >= 11 is 15.9. The molecule has 1 aromatic heterocycles. The van der Waals surface area contributed by atoms with E-state index in [4.69, 9.17) is 23.2 Å². The third-order valence-corrected chi connectivity index (χ3v) is 5.08. The van der Waals surface area contributed by atoms with Gasteiger partial charge < -0.3 is 5.32 Å². The Bertz CT molecular complexity index is 625. The molecule has 0 aliphatic heterocycles. The number of aromatic nitrogens is 2. The van der Waals surface area contributed by atoms with Crippen molar-refractivity contribution >= 4 is 39.1 Å². The summed E-state index contributed by atoms with van der Waals surface area (Å²) in [6, 6.07) is 6.10. The molecule has 0 aliphatic rings. The first-order chi connectivity index (χ1) is 9.43. The summed E-state index contributed by atoms with van der Waals surface area (Å²) in [6.45, 7) is 1.91. The van der Waals surface area contributed by atoms with Crippen LogP contribution in [0.4, 0.5) is 0 Å². The van der Waals surface area contributed by atoms with Crippen molar-refractivity contribution < 1.29 is 0 Å². The Hall–Kier alpha value is -0.550. The van der Waals surface area contributed by atoms with Crippen molar-refractivity contribution in [2.45, 2.75) is 19.4 Å². The lowest BCUT2D eigenvalue weighted by molar-refractivity contribution is 0.561. The van der Waals surface area contributed by atoms with Crippen LogP contribution >= 0.6 is 39.1 Å². The van der Waals surface area contributed by atoms with Gasteiger partial charge in [-0.05, 0) is 47.6 Å². The van der Waals surface area contributed by atoms with E-state index in [1.807, 2.05) is 43.9 Å². The van der Waals surface area contributed by atoms with Gasteiger partial charge in [-0.25, -0.2) is 0 Å². The molecule has 0 bridgehead atoms. The van der Waals surface area contributed by atoms with Crippen molar-refractivity contribution in [2.24, 2.45) is 7.05 Å². The van der Waals surface area contributed by atoms with Gasteiger partial charge in [-0.15, -0.1) is 0 Å². The van der Waals surface area contributed by atoms with E-state index < -0.39 is 0 Å². The van der Waals surface area contributed by atoms with Crippen molar-refractivity contribution in [2.75, 3.05) is 7.05 Å². The highest BCUT2D eigenvalue weighted by Crippen LogP contribution is 2.29. The van der Waals surface area contributed by atoms with E-state index >= 15 is 0 Å². The average Bonchev–Trinajstić information content (AvgIpc) is 2.65. The van der Waals surface area contributed by atoms with E-state index in [1.54, 1.807) is 0 Å². The van der Waals surface area contributed by atoms with Gasteiger partial charge in [-0.2, -0.15) is 5.10 Å². The molecule has 108 valence electrons. The van der Waals surface area contributed by atoms with Gasteiger partial charge in [0.05, 0.1) is 21.4 Å². The molecule has 20 heavy (non-hydrogen) atoms. The summed E-state index contributed by atoms with van der Waals surface area (Å²) in [4.78, 5) is 0. The molecule has 0 radical (unpaired) electrons. The number of nitrogens with one attached hydrogen (secondary N) is 1. The minimum Gasteiger partial charge on any atom is -0.313 e. The second-order valence-corrected chi connectivity index (χ2v) is 6.33. The van der Waals surface area contributed by atoms with E-state index in [-0.39, 0.29) is 6.04 Å². The predicted octanol–water partition coefficient (Wildman–Crippen LogP) is 4.30. The first kappa shape index (κ1) is 15.8. The molecule has 1 heterocycles. The number of likely N-dealkylation sites (N-methyl/N-ethyl adjacent to an activating group) is 1. The lowest BCUT2D eigenvalue weighted by Gasteiger charge is -2.17. The molecular weight excluding hydrogens is 361 g/mol. The molecule has 1 atom stereocenters. The zero-order valence-electron chi connectivity index (χ0n) is 11.5. The Morgan fingerprint density at radius 3 is 2.60 bits per heavy atom. The zero-order chi connectivity index (χ0) is 14.9. The summed E-state index contributed by atoms with van der Waals surface area (Å²) in [5.74, 6) is 0. The van der Waals surface area contributed by atoms with Gasteiger partial charge in [-0.3, -0.25) is 4.68 Å². The minimum atomic E-state index is 0.132. The monoisotopic (exact) mass is 375 g/mol. The second-order valence-electron chi connectivity index (χ2n) is 4.69. The maximum Gasteiger partial charge on any atom is 0.0847 e. The molecule has 3 nitrogen and oxygen atoms in total. The smallest absolute Gasteiger partial charge is 0.0847 e. The SMILES string of the molecule is CNC(Cc1c(Cl)c(C)nn1C)c1ccc(Br)c(Cl)c1. The summed E-state index contributed by atoms with van der Waals surface area (Å²) in [7, 11) is 3.84. The van der Waals surface area contributed by atoms with Crippen LogP contribution in [0.3, 0.4) is 0 Å². The van der Waals surface area contributed by atoms with Crippen molar-refractivity contribution in [3.63, 3.8) is 0 Å². The standard InChI is InChI=1S/C14H16BrCl2N3/c1-8-14(17)13(20(3)19-8)7-12(18-2)9-4-5-10(15)11(16)6-9/h4-6,12,18H,7H2,1-3H3. The normalized spacial score (nSPS) is 12.7. The number of halogens is 3. The van der Waals surface area contributed by atoms with Gasteiger partial charge in [0.1, 0.15) is 0 Å². The molecule has 1 aromatic carbocycles. The predicted molar refractivity (Wildman–Crippen MR) is 87.6 cm³/mol. The van der Waals surface area contributed by atoms with E-state index in [2.05, 4.69) is 26.3 Å². The topological polar surface area (TPSA) is 29.9 Å².